The van der Waals surface area contributed by atoms with Gasteiger partial charge in [0.1, 0.15) is 16.6 Å². The molecule has 0 unspecified atom stereocenters. The zero-order valence-electron chi connectivity index (χ0n) is 12.3. The molecule has 0 atom stereocenters. The summed E-state index contributed by atoms with van der Waals surface area (Å²) < 4.78 is 32.1. The number of nitrogens with one attached hydrogen (secondary N) is 1. The van der Waals surface area contributed by atoms with Crippen molar-refractivity contribution in [2.45, 2.75) is 0 Å². The first-order valence-electron chi connectivity index (χ1n) is 6.53. The van der Waals surface area contributed by atoms with Crippen molar-refractivity contribution in [1.29, 1.82) is 0 Å². The third-order valence-corrected chi connectivity index (χ3v) is 3.94. The molecule has 0 bridgehead atoms. The molecule has 2 heterocycles. The van der Waals surface area contributed by atoms with Gasteiger partial charge in [-0.15, -0.1) is 0 Å². The summed E-state index contributed by atoms with van der Waals surface area (Å²) in [6.45, 7) is 0. The summed E-state index contributed by atoms with van der Waals surface area (Å²) >= 11 is 5.95. The van der Waals surface area contributed by atoms with Gasteiger partial charge in [-0.2, -0.15) is 5.10 Å². The van der Waals surface area contributed by atoms with Crippen LogP contribution in [0.1, 0.15) is 0 Å². The molecule has 0 saturated carbocycles. The molecule has 23 heavy (non-hydrogen) atoms. The fraction of sp³-hybridized carbons (Fsp3) is 0.143. The second-order valence-corrected chi connectivity index (χ2v) is 7.02. The van der Waals surface area contributed by atoms with Gasteiger partial charge in [0, 0.05) is 23.7 Å². The van der Waals surface area contributed by atoms with E-state index < -0.39 is 10.0 Å². The van der Waals surface area contributed by atoms with Crippen LogP contribution in [0.15, 0.2) is 36.7 Å². The van der Waals surface area contributed by atoms with Gasteiger partial charge in [-0.25, -0.2) is 18.1 Å². The maximum Gasteiger partial charge on any atom is 0.229 e. The zero-order chi connectivity index (χ0) is 16.6. The van der Waals surface area contributed by atoms with Crippen LogP contribution >= 0.6 is 11.6 Å². The predicted octanol–water partition coefficient (Wildman–Crippen LogP) is 2.45. The van der Waals surface area contributed by atoms with Crippen LogP contribution in [0.4, 0.5) is 5.69 Å². The molecule has 0 amide bonds. The molecule has 3 rings (SSSR count). The van der Waals surface area contributed by atoms with E-state index in [9.17, 15) is 8.42 Å². The van der Waals surface area contributed by atoms with Gasteiger partial charge in [-0.1, -0.05) is 11.6 Å². The Labute approximate surface area is 137 Å². The van der Waals surface area contributed by atoms with Crippen molar-refractivity contribution in [1.82, 2.24) is 14.8 Å². The van der Waals surface area contributed by atoms with Gasteiger partial charge in [0.25, 0.3) is 0 Å². The maximum atomic E-state index is 11.3. The van der Waals surface area contributed by atoms with Gasteiger partial charge in [-0.05, 0) is 12.1 Å². The van der Waals surface area contributed by atoms with E-state index in [0.717, 1.165) is 17.2 Å². The Morgan fingerprint density at radius 3 is 2.74 bits per heavy atom. The number of pyridine rings is 1. The molecule has 7 nitrogen and oxygen atoms in total. The van der Waals surface area contributed by atoms with Gasteiger partial charge >= 0.3 is 0 Å². The lowest BCUT2D eigenvalue weighted by Crippen LogP contribution is -2.10. The topological polar surface area (TPSA) is 86.1 Å². The minimum Gasteiger partial charge on any atom is -0.494 e. The SMILES string of the molecule is COc1cc(NS(C)(=O)=O)ccc1-n1ncc2cnc(Cl)cc21. The molecule has 0 aliphatic heterocycles. The highest BCUT2D eigenvalue weighted by molar-refractivity contribution is 7.92. The second-order valence-electron chi connectivity index (χ2n) is 4.88. The van der Waals surface area contributed by atoms with Crippen molar-refractivity contribution >= 4 is 38.2 Å². The first-order chi connectivity index (χ1) is 10.9. The lowest BCUT2D eigenvalue weighted by molar-refractivity contribution is 0.412. The summed E-state index contributed by atoms with van der Waals surface area (Å²) in [6.07, 6.45) is 4.39. The van der Waals surface area contributed by atoms with Crippen LogP contribution in [-0.4, -0.2) is 36.5 Å². The Morgan fingerprint density at radius 2 is 2.04 bits per heavy atom. The number of rotatable bonds is 4. The van der Waals surface area contributed by atoms with Crippen LogP contribution in [0, 0.1) is 0 Å². The lowest BCUT2D eigenvalue weighted by atomic mass is 10.2. The van der Waals surface area contributed by atoms with Crippen molar-refractivity contribution in [2.75, 3.05) is 18.1 Å². The number of hydrogen-bond donors (Lipinski definition) is 1. The van der Waals surface area contributed by atoms with Gasteiger partial charge in [0.2, 0.25) is 10.0 Å². The quantitative estimate of drug-likeness (QED) is 0.729. The average molecular weight is 353 g/mol. The Balaban J connectivity index is 2.13. The molecule has 9 heteroatoms. The van der Waals surface area contributed by atoms with E-state index >= 15 is 0 Å². The van der Waals surface area contributed by atoms with Crippen molar-refractivity contribution < 1.29 is 13.2 Å². The van der Waals surface area contributed by atoms with Crippen LogP contribution in [0.2, 0.25) is 5.15 Å². The number of anilines is 1. The summed E-state index contributed by atoms with van der Waals surface area (Å²) in [4.78, 5) is 4.02. The number of ether oxygens (including phenoxy) is 1. The van der Waals surface area contributed by atoms with Crippen molar-refractivity contribution in [3.8, 4) is 11.4 Å². The minimum atomic E-state index is -3.36. The van der Waals surface area contributed by atoms with Gasteiger partial charge < -0.3 is 4.74 Å². The number of benzene rings is 1. The standard InChI is InChI=1S/C14H13ClN4O3S/c1-22-13-5-10(18-23(2,20)21)3-4-11(13)19-12-6-14(15)16-7-9(12)8-17-19/h3-8,18H,1-2H3. The van der Waals surface area contributed by atoms with Crippen LogP contribution < -0.4 is 9.46 Å². The highest BCUT2D eigenvalue weighted by atomic mass is 35.5. The Morgan fingerprint density at radius 1 is 1.26 bits per heavy atom. The van der Waals surface area contributed by atoms with Crippen LogP contribution in [-0.2, 0) is 10.0 Å². The largest absolute Gasteiger partial charge is 0.494 e. The Kier molecular flexibility index (Phi) is 3.87. The van der Waals surface area contributed by atoms with Crippen LogP contribution in [0.25, 0.3) is 16.6 Å². The first kappa shape index (κ1) is 15.6. The summed E-state index contributed by atoms with van der Waals surface area (Å²) in [5.41, 5.74) is 1.83. The number of methoxy groups -OCH3 is 1. The fourth-order valence-corrected chi connectivity index (χ4v) is 2.93. The van der Waals surface area contributed by atoms with E-state index in [0.29, 0.717) is 22.3 Å². The molecule has 0 aliphatic carbocycles. The fourth-order valence-electron chi connectivity index (χ4n) is 2.22. The van der Waals surface area contributed by atoms with E-state index in [2.05, 4.69) is 14.8 Å². The predicted molar refractivity (Wildman–Crippen MR) is 88.9 cm³/mol. The van der Waals surface area contributed by atoms with E-state index in [1.165, 1.54) is 7.11 Å². The maximum absolute atomic E-state index is 11.3. The number of fused-ring (bicyclic) bond motifs is 1. The highest BCUT2D eigenvalue weighted by Gasteiger charge is 2.13. The van der Waals surface area contributed by atoms with E-state index in [1.54, 1.807) is 41.3 Å². The highest BCUT2D eigenvalue weighted by Crippen LogP contribution is 2.29. The second kappa shape index (κ2) is 5.71. The molecular weight excluding hydrogens is 340 g/mol. The number of hydrogen-bond acceptors (Lipinski definition) is 5. The van der Waals surface area contributed by atoms with Crippen molar-refractivity contribution in [3.63, 3.8) is 0 Å². The molecule has 120 valence electrons. The molecule has 2 aromatic heterocycles. The third-order valence-electron chi connectivity index (χ3n) is 3.13. The molecule has 0 radical (unpaired) electrons. The molecule has 1 aromatic carbocycles. The normalized spacial score (nSPS) is 11.6. The van der Waals surface area contributed by atoms with Gasteiger partial charge in [-0.3, -0.25) is 4.72 Å². The summed E-state index contributed by atoms with van der Waals surface area (Å²) in [6, 6.07) is 6.64. The monoisotopic (exact) mass is 352 g/mol. The van der Waals surface area contributed by atoms with Crippen LogP contribution in [0.3, 0.4) is 0 Å². The summed E-state index contributed by atoms with van der Waals surface area (Å²) in [5, 5.41) is 5.50. The van der Waals surface area contributed by atoms with Gasteiger partial charge in [0.15, 0.2) is 0 Å². The molecule has 0 aliphatic rings. The minimum absolute atomic E-state index is 0.355. The van der Waals surface area contributed by atoms with E-state index in [4.69, 9.17) is 16.3 Å². The van der Waals surface area contributed by atoms with Gasteiger partial charge in [0.05, 0.1) is 30.8 Å². The molecule has 0 fully saturated rings. The van der Waals surface area contributed by atoms with Crippen molar-refractivity contribution in [3.05, 3.63) is 41.8 Å². The van der Waals surface area contributed by atoms with E-state index in [-0.39, 0.29) is 0 Å². The number of sulfonamides is 1. The smallest absolute Gasteiger partial charge is 0.229 e. The van der Waals surface area contributed by atoms with E-state index in [1.807, 2.05) is 0 Å². The van der Waals surface area contributed by atoms with Crippen molar-refractivity contribution in [2.24, 2.45) is 0 Å². The molecule has 1 N–H and O–H groups in total. The summed E-state index contributed by atoms with van der Waals surface area (Å²) in [5.74, 6) is 0.469. The molecular formula is C14H13ClN4O3S. The molecule has 3 aromatic rings. The number of halogens is 1. The first-order valence-corrected chi connectivity index (χ1v) is 8.80. The average Bonchev–Trinajstić information content (AvgIpc) is 2.88. The Hall–Kier alpha value is -2.32. The molecule has 0 spiro atoms. The lowest BCUT2D eigenvalue weighted by Gasteiger charge is -2.12. The summed E-state index contributed by atoms with van der Waals surface area (Å²) in [7, 11) is -1.86. The Bertz CT molecular complexity index is 985. The zero-order valence-corrected chi connectivity index (χ0v) is 13.9. The number of nitrogens with zero attached hydrogens (tertiary/aromatic N) is 3. The number of aromatic nitrogens is 3. The third kappa shape index (κ3) is 3.22. The van der Waals surface area contributed by atoms with Crippen LogP contribution in [0.5, 0.6) is 5.75 Å². The molecule has 0 saturated heterocycles.